The van der Waals surface area contributed by atoms with Crippen LogP contribution in [0.5, 0.6) is 0 Å². The maximum absolute atomic E-state index is 12.1. The molecule has 1 unspecified atom stereocenters. The summed E-state index contributed by atoms with van der Waals surface area (Å²) in [7, 11) is 1.70. The highest BCUT2D eigenvalue weighted by atomic mass is 17.3. The minimum Gasteiger partial charge on any atom is -0.481 e. The Kier molecular flexibility index (Phi) is 13.0. The molecule has 3 aliphatic carbocycles. The van der Waals surface area contributed by atoms with Crippen molar-refractivity contribution in [2.24, 2.45) is 71.0 Å². The molecule has 18 nitrogen and oxygen atoms in total. The van der Waals surface area contributed by atoms with Crippen molar-refractivity contribution in [3.05, 3.63) is 0 Å². The first-order valence-corrected chi connectivity index (χ1v) is 25.8. The molecule has 15 fully saturated rings. The predicted molar refractivity (Wildman–Crippen MR) is 232 cm³/mol. The van der Waals surface area contributed by atoms with Crippen LogP contribution >= 0.6 is 0 Å². The first kappa shape index (κ1) is 49.5. The van der Waals surface area contributed by atoms with Gasteiger partial charge in [0.1, 0.15) is 0 Å². The standard InChI is InChI=1S/C19H28O8.C16H26O5.C15H22O5/c1-10-4-5-13-11(2)16(23-15(22)7-6-14(20)21)24-17-19(13)12(10)8-9-18(3,25-17)26-27-19;1-9-5-6-12-10(2)13(17-4)18-14-16(12)11(9)7-8-15(3,19-14)20-21-16;1-8-4-5-11-9(2)12(16)17-13-15(11)10(8)6-7-14(3,18-13)19-20-15/h10-13,16-17H,4-9H2,1-3H3,(H,20,21);9-14H,5-8H2,1-4H3;8-11,13H,4-7H2,1-3H3/t10-,11-,12+,13+,16+,17-,18-,19-;9-,10-,11+,12+,13+,14-,15+,16?;8-,9-,10+,11+,13-,14+,15-/m111/s1. The molecule has 0 amide bonds. The predicted octanol–water partition coefficient (Wildman–Crippen LogP) is 7.84. The average Bonchev–Trinajstić information content (AvgIpc) is 3.78. The number of aliphatic carboxylic acids is 1. The quantitative estimate of drug-likeness (QED) is 0.206. The largest absolute Gasteiger partial charge is 0.481 e. The van der Waals surface area contributed by atoms with Crippen molar-refractivity contribution in [3.8, 4) is 0 Å². The van der Waals surface area contributed by atoms with Crippen molar-refractivity contribution < 1.29 is 86.7 Å². The molecule has 12 heterocycles. The Labute approximate surface area is 399 Å². The molecule has 23 atom stereocenters. The van der Waals surface area contributed by atoms with Gasteiger partial charge in [0.15, 0.2) is 35.7 Å². The molecule has 3 saturated carbocycles. The van der Waals surface area contributed by atoms with E-state index < -0.39 is 71.3 Å². The zero-order valence-corrected chi connectivity index (χ0v) is 41.6. The molecule has 0 aromatic rings. The third-order valence-corrected chi connectivity index (χ3v) is 19.2. The van der Waals surface area contributed by atoms with Crippen LogP contribution in [0.15, 0.2) is 0 Å². The fourth-order valence-corrected chi connectivity index (χ4v) is 15.3. The minimum absolute atomic E-state index is 0.0670. The van der Waals surface area contributed by atoms with E-state index in [1.807, 2.05) is 34.6 Å². The number of carbonyl (C=O) groups excluding carboxylic acids is 2. The number of methoxy groups -OCH3 is 1. The van der Waals surface area contributed by atoms with E-state index in [1.165, 1.54) is 6.42 Å². The highest BCUT2D eigenvalue weighted by Gasteiger charge is 2.73. The summed E-state index contributed by atoms with van der Waals surface area (Å²) in [6, 6.07) is 0. The van der Waals surface area contributed by atoms with Crippen LogP contribution in [-0.2, 0) is 81.6 Å². The lowest BCUT2D eigenvalue weighted by Gasteiger charge is -2.60. The van der Waals surface area contributed by atoms with Crippen molar-refractivity contribution in [2.45, 2.75) is 218 Å². The smallest absolute Gasteiger partial charge is 0.311 e. The molecule has 1 N–H and O–H groups in total. The van der Waals surface area contributed by atoms with Gasteiger partial charge in [-0.2, -0.15) is 0 Å². The summed E-state index contributed by atoms with van der Waals surface area (Å²) in [6.07, 6.45) is 8.60. The number of ether oxygens (including phenoxy) is 8. The fourth-order valence-electron chi connectivity index (χ4n) is 15.3. The summed E-state index contributed by atoms with van der Waals surface area (Å²) >= 11 is 0. The number of rotatable bonds is 5. The zero-order valence-electron chi connectivity index (χ0n) is 41.6. The van der Waals surface area contributed by atoms with E-state index in [0.29, 0.717) is 41.9 Å². The minimum atomic E-state index is -1.03. The lowest BCUT2D eigenvalue weighted by atomic mass is 9.58. The van der Waals surface area contributed by atoms with Crippen LogP contribution in [-0.4, -0.2) is 95.7 Å². The zero-order chi connectivity index (χ0) is 48.3. The van der Waals surface area contributed by atoms with Crippen molar-refractivity contribution in [3.63, 3.8) is 0 Å². The number of fused-ring (bicyclic) bond motifs is 6. The van der Waals surface area contributed by atoms with Crippen molar-refractivity contribution >= 4 is 17.9 Å². The van der Waals surface area contributed by atoms with Gasteiger partial charge in [-0.1, -0.05) is 41.5 Å². The van der Waals surface area contributed by atoms with Crippen molar-refractivity contribution in [1.29, 1.82) is 0 Å². The van der Waals surface area contributed by atoms with Crippen molar-refractivity contribution in [1.82, 2.24) is 0 Å². The Morgan fingerprint density at radius 3 is 1.41 bits per heavy atom. The third-order valence-electron chi connectivity index (χ3n) is 19.2. The van der Waals surface area contributed by atoms with Gasteiger partial charge in [-0.3, -0.25) is 14.4 Å². The Morgan fingerprint density at radius 2 is 0.956 bits per heavy atom. The lowest BCUT2D eigenvalue weighted by molar-refractivity contribution is -0.577. The summed E-state index contributed by atoms with van der Waals surface area (Å²) in [4.78, 5) is 70.0. The topological polar surface area (TPSA) is 201 Å². The number of hydrogen-bond donors (Lipinski definition) is 1. The van der Waals surface area contributed by atoms with Crippen molar-refractivity contribution in [2.75, 3.05) is 7.11 Å². The van der Waals surface area contributed by atoms with Gasteiger partial charge in [-0.15, -0.1) is 0 Å². The summed E-state index contributed by atoms with van der Waals surface area (Å²) in [5.41, 5.74) is -1.78. The molecule has 384 valence electrons. The monoisotopic (exact) mass is 965 g/mol. The van der Waals surface area contributed by atoms with Crippen LogP contribution in [0.4, 0.5) is 0 Å². The van der Waals surface area contributed by atoms with Crippen LogP contribution in [0, 0.1) is 71.0 Å². The van der Waals surface area contributed by atoms with Gasteiger partial charge in [0.25, 0.3) is 0 Å². The van der Waals surface area contributed by atoms with E-state index in [0.717, 1.165) is 64.2 Å². The molecule has 6 bridgehead atoms. The first-order chi connectivity index (χ1) is 32.2. The molecule has 0 radical (unpaired) electrons. The molecule has 15 rings (SSSR count). The SMILES string of the molecule is CO[C@H]1O[C@@H]2O[C@]3(C)CC[C@H]4[C@H](C)CC[C@@H]([C@H]1C)C24OO3.C[C@@H]1CC[C@H]2[C@@H](C)C(=O)O[C@@H]3O[C@]4(C)CC[C@@H]1[C@]32OO4.C[C@H]1[C@@H](OC(=O)CCC(=O)O)O[C@@H]2O[C@@]3(C)CC[C@H]4[C@H](C)CC[C@@H]1[C@@]24OO3. The maximum Gasteiger partial charge on any atom is 0.311 e. The summed E-state index contributed by atoms with van der Waals surface area (Å²) < 4.78 is 47.3. The first-order valence-electron chi connectivity index (χ1n) is 25.8. The normalized spacial score (nSPS) is 54.6. The summed E-state index contributed by atoms with van der Waals surface area (Å²) in [6.45, 7) is 18.6. The van der Waals surface area contributed by atoms with Gasteiger partial charge < -0.3 is 43.0 Å². The Balaban J connectivity index is 0.000000121. The van der Waals surface area contributed by atoms with Gasteiger partial charge in [0.2, 0.25) is 29.9 Å². The third kappa shape index (κ3) is 7.82. The molecular weight excluding hydrogens is 889 g/mol. The number of carboxylic acid groups (broad SMARTS) is 1. The van der Waals surface area contributed by atoms with Crippen LogP contribution in [0.3, 0.4) is 0 Å². The molecule has 12 aliphatic heterocycles. The molecular formula is C50H76O18. The van der Waals surface area contributed by atoms with E-state index in [1.54, 1.807) is 7.11 Å². The van der Waals surface area contributed by atoms with E-state index in [-0.39, 0.29) is 60.6 Å². The Hall–Kier alpha value is -2.07. The van der Waals surface area contributed by atoms with Crippen LogP contribution in [0.1, 0.15) is 152 Å². The van der Waals surface area contributed by atoms with E-state index >= 15 is 0 Å². The van der Waals surface area contributed by atoms with Crippen LogP contribution < -0.4 is 0 Å². The Bertz CT molecular complexity index is 1920. The highest BCUT2D eigenvalue weighted by Crippen LogP contribution is 2.63. The van der Waals surface area contributed by atoms with E-state index in [4.69, 9.17) is 72.3 Å². The molecule has 15 aliphatic rings. The fraction of sp³-hybridized carbons (Fsp3) is 0.940. The van der Waals surface area contributed by atoms with Gasteiger partial charge >= 0.3 is 17.9 Å². The number of carboxylic acids is 1. The van der Waals surface area contributed by atoms with E-state index in [9.17, 15) is 14.4 Å². The van der Waals surface area contributed by atoms with Gasteiger partial charge in [-0.05, 0) is 108 Å². The van der Waals surface area contributed by atoms with Gasteiger partial charge in [-0.25, -0.2) is 29.3 Å². The summed E-state index contributed by atoms with van der Waals surface area (Å²) in [5.74, 6) is -1.01. The average molecular weight is 965 g/mol. The van der Waals surface area contributed by atoms with Gasteiger partial charge in [0.05, 0.1) is 18.8 Å². The second-order valence-corrected chi connectivity index (χ2v) is 23.3. The van der Waals surface area contributed by atoms with Gasteiger partial charge in [0, 0.05) is 61.9 Å². The summed E-state index contributed by atoms with van der Waals surface area (Å²) in [5, 5.41) is 8.76. The molecule has 12 saturated heterocycles. The van der Waals surface area contributed by atoms with Crippen LogP contribution in [0.25, 0.3) is 0 Å². The molecule has 0 aromatic heterocycles. The Morgan fingerprint density at radius 1 is 0.544 bits per heavy atom. The molecule has 3 spiro atoms. The highest BCUT2D eigenvalue weighted by molar-refractivity contribution is 5.76. The number of carbonyl (C=O) groups is 3. The number of hydrogen-bond acceptors (Lipinski definition) is 17. The van der Waals surface area contributed by atoms with E-state index in [2.05, 4.69) is 27.7 Å². The second-order valence-electron chi connectivity index (χ2n) is 23.3. The molecule has 18 heteroatoms. The molecule has 68 heavy (non-hydrogen) atoms. The number of esters is 2. The molecule has 0 aromatic carbocycles. The maximum atomic E-state index is 12.1. The van der Waals surface area contributed by atoms with Crippen LogP contribution in [0.2, 0.25) is 0 Å². The second kappa shape index (κ2) is 17.8. The lowest BCUT2D eigenvalue weighted by Crippen LogP contribution is -2.70.